The molecule has 2 aromatic carbocycles. The van der Waals surface area contributed by atoms with Crippen LogP contribution in [0.1, 0.15) is 43.9 Å². The van der Waals surface area contributed by atoms with Crippen molar-refractivity contribution in [3.8, 4) is 17.2 Å². The lowest BCUT2D eigenvalue weighted by Crippen LogP contribution is -2.10. The van der Waals surface area contributed by atoms with Crippen molar-refractivity contribution in [3.05, 3.63) is 52.0 Å². The van der Waals surface area contributed by atoms with E-state index in [1.54, 1.807) is 19.1 Å². The highest BCUT2D eigenvalue weighted by atomic mass is 35.5. The van der Waals surface area contributed by atoms with Crippen LogP contribution >= 0.6 is 11.6 Å². The Labute approximate surface area is 160 Å². The van der Waals surface area contributed by atoms with E-state index in [1.807, 2.05) is 32.0 Å². The molecule has 140 valence electrons. The van der Waals surface area contributed by atoms with Gasteiger partial charge in [0.25, 0.3) is 0 Å². The number of esters is 1. The molecule has 0 spiro atoms. The van der Waals surface area contributed by atoms with E-state index in [2.05, 4.69) is 6.92 Å². The minimum Gasteiger partial charge on any atom is -0.493 e. The number of halogens is 1. The van der Waals surface area contributed by atoms with Crippen molar-refractivity contribution in [2.45, 2.75) is 47.1 Å². The van der Waals surface area contributed by atoms with Crippen molar-refractivity contribution in [1.82, 2.24) is 0 Å². The molecular formula is C21H25ClO4. The molecule has 0 atom stereocenters. The predicted molar refractivity (Wildman–Crippen MR) is 103 cm³/mol. The maximum absolute atomic E-state index is 11.7. The van der Waals surface area contributed by atoms with Gasteiger partial charge in [0.15, 0.2) is 0 Å². The second-order valence-corrected chi connectivity index (χ2v) is 6.25. The summed E-state index contributed by atoms with van der Waals surface area (Å²) >= 11 is 6.31. The van der Waals surface area contributed by atoms with Gasteiger partial charge < -0.3 is 14.2 Å². The van der Waals surface area contributed by atoms with Gasteiger partial charge in [-0.2, -0.15) is 0 Å². The average molecular weight is 377 g/mol. The van der Waals surface area contributed by atoms with Crippen molar-refractivity contribution < 1.29 is 19.0 Å². The first-order valence-electron chi connectivity index (χ1n) is 8.87. The van der Waals surface area contributed by atoms with E-state index in [-0.39, 0.29) is 12.6 Å². The first-order chi connectivity index (χ1) is 12.5. The number of carbonyl (C=O) groups excluding carboxylic acids is 1. The molecule has 5 heteroatoms. The number of hydrogen-bond donors (Lipinski definition) is 0. The Bertz CT molecular complexity index is 771. The highest BCUT2D eigenvalue weighted by molar-refractivity contribution is 6.31. The minimum atomic E-state index is -0.300. The van der Waals surface area contributed by atoms with E-state index < -0.39 is 0 Å². The van der Waals surface area contributed by atoms with Gasteiger partial charge in [-0.1, -0.05) is 37.6 Å². The lowest BCUT2D eigenvalue weighted by Gasteiger charge is -2.17. The molecule has 4 nitrogen and oxygen atoms in total. The van der Waals surface area contributed by atoms with Crippen LogP contribution in [0.4, 0.5) is 0 Å². The summed E-state index contributed by atoms with van der Waals surface area (Å²) in [5, 5.41) is 0.684. The van der Waals surface area contributed by atoms with Crippen molar-refractivity contribution in [2.24, 2.45) is 0 Å². The lowest BCUT2D eigenvalue weighted by molar-refractivity contribution is -0.134. The zero-order valence-electron chi connectivity index (χ0n) is 15.7. The first kappa shape index (κ1) is 20.1. The van der Waals surface area contributed by atoms with E-state index in [4.69, 9.17) is 25.8 Å². The molecule has 26 heavy (non-hydrogen) atoms. The second kappa shape index (κ2) is 9.48. The van der Waals surface area contributed by atoms with Gasteiger partial charge in [-0.3, -0.25) is 4.79 Å². The highest BCUT2D eigenvalue weighted by Gasteiger charge is 2.15. The molecule has 0 saturated heterocycles. The molecule has 0 aliphatic carbocycles. The van der Waals surface area contributed by atoms with E-state index in [0.717, 1.165) is 17.5 Å². The van der Waals surface area contributed by atoms with Crippen LogP contribution in [-0.2, 0) is 17.8 Å². The van der Waals surface area contributed by atoms with Crippen LogP contribution < -0.4 is 14.2 Å². The van der Waals surface area contributed by atoms with Gasteiger partial charge in [0.1, 0.15) is 23.9 Å². The van der Waals surface area contributed by atoms with Gasteiger partial charge in [-0.25, -0.2) is 0 Å². The lowest BCUT2D eigenvalue weighted by atomic mass is 10.1. The molecule has 2 aromatic rings. The van der Waals surface area contributed by atoms with E-state index in [9.17, 15) is 4.79 Å². The van der Waals surface area contributed by atoms with E-state index >= 15 is 0 Å². The number of rotatable bonds is 8. The molecule has 0 N–H and O–H groups in total. The Morgan fingerprint density at radius 2 is 1.77 bits per heavy atom. The summed E-state index contributed by atoms with van der Waals surface area (Å²) in [6.07, 6.45) is 1.16. The van der Waals surface area contributed by atoms with Crippen molar-refractivity contribution in [1.29, 1.82) is 0 Å². The third-order valence-corrected chi connectivity index (χ3v) is 4.35. The summed E-state index contributed by atoms with van der Waals surface area (Å²) in [5.74, 6) is 1.50. The molecule has 0 unspecified atom stereocenters. The topological polar surface area (TPSA) is 44.8 Å². The maximum Gasteiger partial charge on any atom is 0.310 e. The quantitative estimate of drug-likeness (QED) is 0.450. The summed E-state index contributed by atoms with van der Waals surface area (Å²) in [7, 11) is 0. The Balaban J connectivity index is 2.30. The van der Waals surface area contributed by atoms with Gasteiger partial charge in [-0.05, 0) is 49.6 Å². The van der Waals surface area contributed by atoms with Crippen molar-refractivity contribution in [2.75, 3.05) is 6.61 Å². The summed E-state index contributed by atoms with van der Waals surface area (Å²) in [4.78, 5) is 11.7. The predicted octanol–water partition coefficient (Wildman–Crippen LogP) is 5.50. The van der Waals surface area contributed by atoms with Crippen molar-refractivity contribution in [3.63, 3.8) is 0 Å². The van der Waals surface area contributed by atoms with E-state index in [0.29, 0.717) is 40.9 Å². The SMILES string of the molecule is CCOc1cccc(OC(=O)CC)c1COc1cc(Cl)c(CC)cc1C. The molecule has 0 aromatic heterocycles. The molecule has 0 radical (unpaired) electrons. The Morgan fingerprint density at radius 3 is 2.42 bits per heavy atom. The van der Waals surface area contributed by atoms with Crippen LogP contribution in [0.25, 0.3) is 0 Å². The summed E-state index contributed by atoms with van der Waals surface area (Å²) in [6, 6.07) is 9.24. The fourth-order valence-electron chi connectivity index (χ4n) is 2.57. The molecule has 2 rings (SSSR count). The standard InChI is InChI=1S/C21H25ClO4/c1-5-15-11-14(4)20(12-17(15)22)25-13-16-18(24-7-3)9-8-10-19(16)26-21(23)6-2/h8-12H,5-7,13H2,1-4H3. The van der Waals surface area contributed by atoms with Crippen LogP contribution in [-0.4, -0.2) is 12.6 Å². The number of aryl methyl sites for hydroxylation is 2. The van der Waals surface area contributed by atoms with Gasteiger partial charge in [-0.15, -0.1) is 0 Å². The molecule has 0 saturated carbocycles. The highest BCUT2D eigenvalue weighted by Crippen LogP contribution is 2.32. The van der Waals surface area contributed by atoms with Crippen LogP contribution in [0.3, 0.4) is 0 Å². The van der Waals surface area contributed by atoms with Gasteiger partial charge >= 0.3 is 5.97 Å². The number of hydrogen-bond acceptors (Lipinski definition) is 4. The Morgan fingerprint density at radius 1 is 1.04 bits per heavy atom. The largest absolute Gasteiger partial charge is 0.493 e. The maximum atomic E-state index is 11.7. The van der Waals surface area contributed by atoms with Crippen LogP contribution in [0.15, 0.2) is 30.3 Å². The van der Waals surface area contributed by atoms with Gasteiger partial charge in [0.2, 0.25) is 0 Å². The monoisotopic (exact) mass is 376 g/mol. The van der Waals surface area contributed by atoms with Crippen molar-refractivity contribution >= 4 is 17.6 Å². The molecule has 0 bridgehead atoms. The van der Waals surface area contributed by atoms with Gasteiger partial charge in [0.05, 0.1) is 12.2 Å². The molecule has 0 heterocycles. The third-order valence-electron chi connectivity index (χ3n) is 4.00. The number of carbonyl (C=O) groups is 1. The fraction of sp³-hybridized carbons (Fsp3) is 0.381. The second-order valence-electron chi connectivity index (χ2n) is 5.84. The third kappa shape index (κ3) is 4.92. The van der Waals surface area contributed by atoms with Crippen LogP contribution in [0, 0.1) is 6.92 Å². The van der Waals surface area contributed by atoms with Crippen LogP contribution in [0.5, 0.6) is 17.2 Å². The number of ether oxygens (including phenoxy) is 3. The minimum absolute atomic E-state index is 0.213. The summed E-state index contributed by atoms with van der Waals surface area (Å²) in [6.45, 7) is 8.43. The van der Waals surface area contributed by atoms with Gasteiger partial charge in [0, 0.05) is 11.4 Å². The summed E-state index contributed by atoms with van der Waals surface area (Å²) in [5.41, 5.74) is 2.79. The van der Waals surface area contributed by atoms with E-state index in [1.165, 1.54) is 0 Å². The Hall–Kier alpha value is -2.20. The fourth-order valence-corrected chi connectivity index (χ4v) is 2.86. The zero-order valence-corrected chi connectivity index (χ0v) is 16.5. The molecule has 0 aliphatic heterocycles. The molecule has 0 fully saturated rings. The zero-order chi connectivity index (χ0) is 19.1. The smallest absolute Gasteiger partial charge is 0.310 e. The molecular weight excluding hydrogens is 352 g/mol. The number of benzene rings is 2. The normalized spacial score (nSPS) is 10.5. The average Bonchev–Trinajstić information content (AvgIpc) is 2.63. The molecule has 0 amide bonds. The van der Waals surface area contributed by atoms with Crippen LogP contribution in [0.2, 0.25) is 5.02 Å². The Kier molecular flexibility index (Phi) is 7.34. The molecule has 0 aliphatic rings. The first-order valence-corrected chi connectivity index (χ1v) is 9.25. The summed E-state index contributed by atoms with van der Waals surface area (Å²) < 4.78 is 17.1.